The third kappa shape index (κ3) is 4.67. The third-order valence-corrected chi connectivity index (χ3v) is 3.40. The van der Waals surface area contributed by atoms with Crippen molar-refractivity contribution in [3.05, 3.63) is 0 Å². The van der Waals surface area contributed by atoms with Gasteiger partial charge in [0.2, 0.25) is 0 Å². The molecule has 0 spiro atoms. The van der Waals surface area contributed by atoms with E-state index in [2.05, 4.69) is 17.5 Å². The van der Waals surface area contributed by atoms with Crippen LogP contribution in [-0.2, 0) is 0 Å². The Balaban J connectivity index is 5.65. The molecule has 28 heavy (non-hydrogen) atoms. The smallest absolute Gasteiger partial charge is 0.363 e. The number of thiocarbonyl (C=S) groups is 1. The van der Waals surface area contributed by atoms with Crippen molar-refractivity contribution >= 4 is 17.3 Å². The Morgan fingerprint density at radius 1 is 0.714 bits per heavy atom. The second kappa shape index (κ2) is 7.89. The lowest BCUT2D eigenvalue weighted by atomic mass is 9.92. The normalized spacial score (nSPS) is 15.0. The Bertz CT molecular complexity index is 556. The summed E-state index contributed by atoms with van der Waals surface area (Å²) in [6.45, 7) is 1.68. The van der Waals surface area contributed by atoms with Crippen LogP contribution in [0.15, 0.2) is 0 Å². The second-order valence-electron chi connectivity index (χ2n) is 5.80. The van der Waals surface area contributed by atoms with Crippen molar-refractivity contribution in [2.45, 2.75) is 62.1 Å². The molecule has 0 aromatic rings. The van der Waals surface area contributed by atoms with E-state index >= 15 is 0 Å². The van der Waals surface area contributed by atoms with Gasteiger partial charge in [-0.05, 0) is 26.1 Å². The number of nitrogens with one attached hydrogen (secondary N) is 2. The predicted octanol–water partition coefficient (Wildman–Crippen LogP) is 4.99. The largest absolute Gasteiger partial charge is 0.460 e. The minimum absolute atomic E-state index is 0.380. The molecule has 0 atom stereocenters. The van der Waals surface area contributed by atoms with Crippen molar-refractivity contribution in [3.63, 3.8) is 0 Å². The Morgan fingerprint density at radius 3 is 1.46 bits per heavy atom. The molecular formula is C12H13F13N2S. The highest BCUT2D eigenvalue weighted by atomic mass is 32.1. The molecule has 0 aliphatic heterocycles. The van der Waals surface area contributed by atoms with Crippen LogP contribution in [0.1, 0.15) is 20.3 Å². The van der Waals surface area contributed by atoms with E-state index in [-0.39, 0.29) is 6.04 Å². The molecule has 2 N–H and O–H groups in total. The summed E-state index contributed by atoms with van der Waals surface area (Å²) in [5, 5.41) is 3.77. The van der Waals surface area contributed by atoms with E-state index in [0.717, 1.165) is 0 Å². The SMILES string of the molecule is CC(C)NC(=S)NCCC(F)(F)C(F)(F)C(F)(F)C(F)(F)C(F)(F)C(F)(F)F. The molecule has 0 unspecified atom stereocenters. The quantitative estimate of drug-likeness (QED) is 0.391. The molecule has 0 fully saturated rings. The van der Waals surface area contributed by atoms with Crippen molar-refractivity contribution in [2.24, 2.45) is 0 Å². The lowest BCUT2D eigenvalue weighted by Gasteiger charge is -2.39. The van der Waals surface area contributed by atoms with Crippen LogP contribution in [0.3, 0.4) is 0 Å². The summed E-state index contributed by atoms with van der Waals surface area (Å²) in [5.74, 6) is -36.7. The van der Waals surface area contributed by atoms with Gasteiger partial charge in [0.1, 0.15) is 0 Å². The monoisotopic (exact) mass is 464 g/mol. The van der Waals surface area contributed by atoms with E-state index in [1.807, 2.05) is 5.32 Å². The van der Waals surface area contributed by atoms with Crippen molar-refractivity contribution in [1.29, 1.82) is 0 Å². The summed E-state index contributed by atoms with van der Waals surface area (Å²) in [6, 6.07) is -0.380. The number of hydrogen-bond acceptors (Lipinski definition) is 1. The number of hydrogen-bond donors (Lipinski definition) is 2. The molecule has 0 aromatic heterocycles. The standard InChI is InChI=1S/C12H13F13N2S/c1-5(2)27-6(28)26-4-3-7(13,14)8(15,16)9(17,18)10(19,20)11(21,22)12(23,24)25/h5H,3-4H2,1-2H3,(H2,26,27,28). The fourth-order valence-corrected chi connectivity index (χ4v) is 1.94. The maximum absolute atomic E-state index is 13.4. The van der Waals surface area contributed by atoms with E-state index in [1.54, 1.807) is 0 Å². The Hall–Kier alpha value is -1.22. The first-order valence-electron chi connectivity index (χ1n) is 7.06. The van der Waals surface area contributed by atoms with Gasteiger partial charge in [0.05, 0.1) is 0 Å². The molecule has 0 heterocycles. The zero-order chi connectivity index (χ0) is 23.0. The van der Waals surface area contributed by atoms with Crippen molar-refractivity contribution < 1.29 is 57.1 Å². The van der Waals surface area contributed by atoms with Crippen LogP contribution in [-0.4, -0.2) is 53.5 Å². The molecule has 0 saturated carbocycles. The maximum atomic E-state index is 13.4. The minimum Gasteiger partial charge on any atom is -0.363 e. The van der Waals surface area contributed by atoms with Crippen LogP contribution in [0.25, 0.3) is 0 Å². The van der Waals surface area contributed by atoms with Crippen LogP contribution in [0, 0.1) is 0 Å². The van der Waals surface area contributed by atoms with Crippen molar-refractivity contribution in [3.8, 4) is 0 Å². The molecule has 0 saturated heterocycles. The van der Waals surface area contributed by atoms with Crippen molar-refractivity contribution in [1.82, 2.24) is 10.6 Å². The average molecular weight is 464 g/mol. The van der Waals surface area contributed by atoms with Gasteiger partial charge in [0.15, 0.2) is 5.11 Å². The molecule has 0 amide bonds. The maximum Gasteiger partial charge on any atom is 0.460 e. The lowest BCUT2D eigenvalue weighted by Crippen LogP contribution is -2.70. The highest BCUT2D eigenvalue weighted by Crippen LogP contribution is 2.60. The van der Waals surface area contributed by atoms with Crippen molar-refractivity contribution in [2.75, 3.05) is 6.54 Å². The summed E-state index contributed by atoms with van der Waals surface area (Å²) < 4.78 is 167. The van der Waals surface area contributed by atoms with Gasteiger partial charge in [-0.2, -0.15) is 57.1 Å². The molecule has 0 aromatic carbocycles. The molecule has 2 nitrogen and oxygen atoms in total. The summed E-state index contributed by atoms with van der Waals surface area (Å²) in [7, 11) is 0. The first-order valence-corrected chi connectivity index (χ1v) is 7.47. The van der Waals surface area contributed by atoms with Gasteiger partial charge < -0.3 is 10.6 Å². The predicted molar refractivity (Wildman–Crippen MR) is 74.3 cm³/mol. The van der Waals surface area contributed by atoms with Crippen LogP contribution in [0.5, 0.6) is 0 Å². The summed E-state index contributed by atoms with van der Waals surface area (Å²) in [4.78, 5) is 0. The molecule has 0 radical (unpaired) electrons. The van der Waals surface area contributed by atoms with Gasteiger partial charge in [0.25, 0.3) is 0 Å². The third-order valence-electron chi connectivity index (χ3n) is 3.14. The van der Waals surface area contributed by atoms with Gasteiger partial charge >= 0.3 is 35.8 Å². The molecule has 0 rings (SSSR count). The molecule has 16 heteroatoms. The average Bonchev–Trinajstić information content (AvgIpc) is 2.43. The minimum atomic E-state index is -7.88. The highest BCUT2D eigenvalue weighted by molar-refractivity contribution is 7.80. The number of rotatable bonds is 8. The van der Waals surface area contributed by atoms with E-state index in [0.29, 0.717) is 0 Å². The topological polar surface area (TPSA) is 24.1 Å². The van der Waals surface area contributed by atoms with Gasteiger partial charge in [-0.25, -0.2) is 0 Å². The Morgan fingerprint density at radius 2 is 1.11 bits per heavy atom. The number of alkyl halides is 13. The molecule has 0 aliphatic carbocycles. The van der Waals surface area contributed by atoms with Gasteiger partial charge in [-0.3, -0.25) is 0 Å². The van der Waals surface area contributed by atoms with Gasteiger partial charge in [-0.1, -0.05) is 0 Å². The van der Waals surface area contributed by atoms with Crippen LogP contribution in [0.4, 0.5) is 57.1 Å². The fourth-order valence-electron chi connectivity index (χ4n) is 1.61. The summed E-state index contributed by atoms with van der Waals surface area (Å²) in [6.07, 6.45) is -9.76. The zero-order valence-electron chi connectivity index (χ0n) is 13.8. The molecule has 168 valence electrons. The van der Waals surface area contributed by atoms with E-state index in [4.69, 9.17) is 0 Å². The van der Waals surface area contributed by atoms with Crippen LogP contribution >= 0.6 is 12.2 Å². The first-order chi connectivity index (χ1) is 12.1. The molecule has 0 bridgehead atoms. The van der Waals surface area contributed by atoms with E-state index in [1.165, 1.54) is 13.8 Å². The van der Waals surface area contributed by atoms with Gasteiger partial charge in [0, 0.05) is 19.0 Å². The summed E-state index contributed by atoms with van der Waals surface area (Å²) in [5.41, 5.74) is 0. The fraction of sp³-hybridized carbons (Fsp3) is 0.917. The molecule has 0 aliphatic rings. The lowest BCUT2D eigenvalue weighted by molar-refractivity contribution is -0.440. The van der Waals surface area contributed by atoms with E-state index in [9.17, 15) is 57.1 Å². The second-order valence-corrected chi connectivity index (χ2v) is 6.21. The zero-order valence-corrected chi connectivity index (χ0v) is 14.6. The first kappa shape index (κ1) is 26.8. The Labute approximate surface area is 154 Å². The van der Waals surface area contributed by atoms with Crippen LogP contribution in [0.2, 0.25) is 0 Å². The Kier molecular flexibility index (Phi) is 7.55. The van der Waals surface area contributed by atoms with E-state index < -0.39 is 53.9 Å². The molecular weight excluding hydrogens is 451 g/mol. The van der Waals surface area contributed by atoms with Gasteiger partial charge in [-0.15, -0.1) is 0 Å². The summed E-state index contributed by atoms with van der Waals surface area (Å²) >= 11 is 4.49. The number of halogens is 13. The highest BCUT2D eigenvalue weighted by Gasteiger charge is 2.90. The van der Waals surface area contributed by atoms with Crippen LogP contribution < -0.4 is 10.6 Å².